The second-order valence-corrected chi connectivity index (χ2v) is 3.90. The van der Waals surface area contributed by atoms with E-state index in [1.54, 1.807) is 23.8 Å². The molecule has 0 aromatic heterocycles. The summed E-state index contributed by atoms with van der Waals surface area (Å²) < 4.78 is 0. The van der Waals surface area contributed by atoms with Crippen molar-refractivity contribution in [3.8, 4) is 0 Å². The summed E-state index contributed by atoms with van der Waals surface area (Å²) in [5.41, 5.74) is 0. The van der Waals surface area contributed by atoms with Gasteiger partial charge in [0.1, 0.15) is 6.61 Å². The largest absolute Gasteiger partial charge is 0.387 e. The summed E-state index contributed by atoms with van der Waals surface area (Å²) in [5.74, 6) is -0.166. The maximum atomic E-state index is 11.2. The molecule has 1 N–H and O–H groups in total. The average Bonchev–Trinajstić information content (AvgIpc) is 2.39. The lowest BCUT2D eigenvalue weighted by atomic mass is 10.0. The van der Waals surface area contributed by atoms with Crippen LogP contribution in [-0.4, -0.2) is 59.5 Å². The standard InChI is InChI=1S/C10H18N2O3.C2H6/c1-8(14)12-5-3-9(4-6-12)11(2)10(15)7-13;1-2/h9,13H,3-7H2,1-2H3;1-2H3. The van der Waals surface area contributed by atoms with Gasteiger partial charge in [-0.25, -0.2) is 0 Å². The Morgan fingerprint density at radius 2 is 1.76 bits per heavy atom. The SMILES string of the molecule is CC.CC(=O)N1CCC(N(C)C(=O)CO)CC1. The van der Waals surface area contributed by atoms with Gasteiger partial charge in [0.05, 0.1) is 0 Å². The molecule has 1 saturated heterocycles. The predicted molar refractivity (Wildman–Crippen MR) is 66.5 cm³/mol. The highest BCUT2D eigenvalue weighted by Gasteiger charge is 2.25. The van der Waals surface area contributed by atoms with Crippen LogP contribution in [0.3, 0.4) is 0 Å². The molecule has 0 spiro atoms. The molecule has 0 unspecified atom stereocenters. The number of likely N-dealkylation sites (tertiary alicyclic amines) is 1. The molecule has 100 valence electrons. The highest BCUT2D eigenvalue weighted by Crippen LogP contribution is 2.15. The highest BCUT2D eigenvalue weighted by atomic mass is 16.3. The Kier molecular flexibility index (Phi) is 7.54. The minimum Gasteiger partial charge on any atom is -0.387 e. The van der Waals surface area contributed by atoms with Crippen molar-refractivity contribution in [3.63, 3.8) is 0 Å². The summed E-state index contributed by atoms with van der Waals surface area (Å²) in [6.45, 7) is 6.51. The van der Waals surface area contributed by atoms with Crippen LogP contribution in [0.15, 0.2) is 0 Å². The monoisotopic (exact) mass is 244 g/mol. The van der Waals surface area contributed by atoms with E-state index in [1.807, 2.05) is 13.8 Å². The molecule has 0 saturated carbocycles. The Morgan fingerprint density at radius 3 is 2.12 bits per heavy atom. The van der Waals surface area contributed by atoms with Crippen molar-refractivity contribution >= 4 is 11.8 Å². The third-order valence-electron chi connectivity index (χ3n) is 2.99. The van der Waals surface area contributed by atoms with Gasteiger partial charge >= 0.3 is 0 Å². The van der Waals surface area contributed by atoms with Crippen LogP contribution < -0.4 is 0 Å². The van der Waals surface area contributed by atoms with E-state index in [0.29, 0.717) is 13.1 Å². The number of carbonyl (C=O) groups excluding carboxylic acids is 2. The van der Waals surface area contributed by atoms with E-state index in [-0.39, 0.29) is 17.9 Å². The van der Waals surface area contributed by atoms with Crippen LogP contribution in [0.5, 0.6) is 0 Å². The van der Waals surface area contributed by atoms with Crippen molar-refractivity contribution in [3.05, 3.63) is 0 Å². The topological polar surface area (TPSA) is 60.9 Å². The Labute approximate surface area is 103 Å². The number of aliphatic hydroxyl groups excluding tert-OH is 1. The molecule has 1 rings (SSSR count). The molecule has 0 aliphatic carbocycles. The van der Waals surface area contributed by atoms with Gasteiger partial charge in [0.2, 0.25) is 11.8 Å². The fraction of sp³-hybridized carbons (Fsp3) is 0.833. The zero-order chi connectivity index (χ0) is 13.4. The second-order valence-electron chi connectivity index (χ2n) is 3.90. The van der Waals surface area contributed by atoms with Gasteiger partial charge in [0.25, 0.3) is 0 Å². The van der Waals surface area contributed by atoms with E-state index in [9.17, 15) is 9.59 Å². The van der Waals surface area contributed by atoms with Crippen molar-refractivity contribution in [2.45, 2.75) is 39.7 Å². The van der Waals surface area contributed by atoms with Crippen LogP contribution in [0.4, 0.5) is 0 Å². The van der Waals surface area contributed by atoms with Crippen LogP contribution >= 0.6 is 0 Å². The number of hydrogen-bond donors (Lipinski definition) is 1. The normalized spacial score (nSPS) is 15.9. The molecule has 0 atom stereocenters. The average molecular weight is 244 g/mol. The van der Waals surface area contributed by atoms with Crippen molar-refractivity contribution in [2.24, 2.45) is 0 Å². The number of hydrogen-bond acceptors (Lipinski definition) is 3. The zero-order valence-corrected chi connectivity index (χ0v) is 11.3. The maximum Gasteiger partial charge on any atom is 0.248 e. The molecular weight excluding hydrogens is 220 g/mol. The minimum absolute atomic E-state index is 0.0876. The van der Waals surface area contributed by atoms with Crippen molar-refractivity contribution in [1.29, 1.82) is 0 Å². The minimum atomic E-state index is -0.441. The lowest BCUT2D eigenvalue weighted by Crippen LogP contribution is -2.47. The van der Waals surface area contributed by atoms with E-state index < -0.39 is 6.61 Å². The van der Waals surface area contributed by atoms with Crippen molar-refractivity contribution in [2.75, 3.05) is 26.7 Å². The summed E-state index contributed by atoms with van der Waals surface area (Å²) in [4.78, 5) is 25.7. The van der Waals surface area contributed by atoms with E-state index in [4.69, 9.17) is 5.11 Å². The first kappa shape index (κ1) is 15.9. The van der Waals surface area contributed by atoms with Gasteiger partial charge in [0.15, 0.2) is 0 Å². The molecule has 1 heterocycles. The smallest absolute Gasteiger partial charge is 0.248 e. The van der Waals surface area contributed by atoms with Crippen LogP contribution in [0.1, 0.15) is 33.6 Å². The summed E-state index contributed by atoms with van der Waals surface area (Å²) in [6, 6.07) is 0.153. The second kappa shape index (κ2) is 8.06. The van der Waals surface area contributed by atoms with Crippen LogP contribution in [0.25, 0.3) is 0 Å². The zero-order valence-electron chi connectivity index (χ0n) is 11.3. The number of nitrogens with zero attached hydrogens (tertiary/aromatic N) is 2. The van der Waals surface area contributed by atoms with Crippen molar-refractivity contribution < 1.29 is 14.7 Å². The highest BCUT2D eigenvalue weighted by molar-refractivity contribution is 5.77. The number of piperidine rings is 1. The third kappa shape index (κ3) is 4.73. The number of carbonyl (C=O) groups is 2. The first-order valence-electron chi connectivity index (χ1n) is 6.18. The van der Waals surface area contributed by atoms with E-state index in [0.717, 1.165) is 12.8 Å². The molecule has 0 bridgehead atoms. The fourth-order valence-corrected chi connectivity index (χ4v) is 1.88. The van der Waals surface area contributed by atoms with Gasteiger partial charge in [-0.3, -0.25) is 9.59 Å². The van der Waals surface area contributed by atoms with Crippen LogP contribution in [0.2, 0.25) is 0 Å². The molecule has 5 heteroatoms. The fourth-order valence-electron chi connectivity index (χ4n) is 1.88. The lowest BCUT2D eigenvalue weighted by molar-refractivity contribution is -0.136. The van der Waals surface area contributed by atoms with Gasteiger partial charge in [-0.05, 0) is 12.8 Å². The molecule has 2 amide bonds. The van der Waals surface area contributed by atoms with Gasteiger partial charge in [-0.1, -0.05) is 13.8 Å². The Bertz CT molecular complexity index is 248. The first-order valence-corrected chi connectivity index (χ1v) is 6.18. The predicted octanol–water partition coefficient (Wildman–Crippen LogP) is 0.474. The molecule has 1 fully saturated rings. The Morgan fingerprint density at radius 1 is 1.29 bits per heavy atom. The molecular formula is C12H24N2O3. The van der Waals surface area contributed by atoms with Gasteiger partial charge < -0.3 is 14.9 Å². The quantitative estimate of drug-likeness (QED) is 0.768. The molecule has 5 nitrogen and oxygen atoms in total. The van der Waals surface area contributed by atoms with Crippen LogP contribution in [-0.2, 0) is 9.59 Å². The van der Waals surface area contributed by atoms with E-state index in [1.165, 1.54) is 0 Å². The Hall–Kier alpha value is -1.10. The number of likely N-dealkylation sites (N-methyl/N-ethyl adjacent to an activating group) is 1. The molecule has 1 aliphatic heterocycles. The van der Waals surface area contributed by atoms with E-state index in [2.05, 4.69) is 0 Å². The summed E-state index contributed by atoms with van der Waals surface area (Å²) in [6.07, 6.45) is 1.59. The molecule has 0 radical (unpaired) electrons. The summed E-state index contributed by atoms with van der Waals surface area (Å²) in [7, 11) is 1.70. The summed E-state index contributed by atoms with van der Waals surface area (Å²) in [5, 5.41) is 8.72. The van der Waals surface area contributed by atoms with Gasteiger partial charge in [-0.2, -0.15) is 0 Å². The molecule has 1 aliphatic rings. The molecule has 17 heavy (non-hydrogen) atoms. The number of amides is 2. The van der Waals surface area contributed by atoms with Gasteiger partial charge in [0, 0.05) is 33.1 Å². The lowest BCUT2D eigenvalue weighted by Gasteiger charge is -2.36. The number of rotatable bonds is 2. The molecule has 0 aromatic carbocycles. The van der Waals surface area contributed by atoms with Crippen LogP contribution in [0, 0.1) is 0 Å². The maximum absolute atomic E-state index is 11.2. The molecule has 0 aromatic rings. The first-order chi connectivity index (χ1) is 8.06. The Balaban J connectivity index is 0.00000121. The van der Waals surface area contributed by atoms with E-state index >= 15 is 0 Å². The third-order valence-corrected chi connectivity index (χ3v) is 2.99. The van der Waals surface area contributed by atoms with Crippen molar-refractivity contribution in [1.82, 2.24) is 9.80 Å². The summed E-state index contributed by atoms with van der Waals surface area (Å²) >= 11 is 0. The number of aliphatic hydroxyl groups is 1. The van der Waals surface area contributed by atoms with Gasteiger partial charge in [-0.15, -0.1) is 0 Å².